The second-order valence-corrected chi connectivity index (χ2v) is 9.53. The lowest BCUT2D eigenvalue weighted by molar-refractivity contribution is -0.163. The fourth-order valence-electron chi connectivity index (χ4n) is 4.34. The molecule has 0 bridgehead atoms. The van der Waals surface area contributed by atoms with Crippen molar-refractivity contribution in [1.29, 1.82) is 0 Å². The van der Waals surface area contributed by atoms with Crippen molar-refractivity contribution in [1.82, 2.24) is 10.2 Å². The Morgan fingerprint density at radius 1 is 1.11 bits per heavy atom. The molecule has 10 nitrogen and oxygen atoms in total. The van der Waals surface area contributed by atoms with Gasteiger partial charge < -0.3 is 30.5 Å². The summed E-state index contributed by atoms with van der Waals surface area (Å²) in [6.45, 7) is 4.30. The molecule has 1 amide bonds. The first-order valence-electron chi connectivity index (χ1n) is 12.6. The number of carbonyl (C=O) groups excluding carboxylic acids is 2. The van der Waals surface area contributed by atoms with E-state index >= 15 is 0 Å². The van der Waals surface area contributed by atoms with Crippen molar-refractivity contribution in [3.63, 3.8) is 0 Å². The number of aryl methyl sites for hydroxylation is 1. The number of aliphatic carboxylic acids is 1. The topological polar surface area (TPSA) is 157 Å². The van der Waals surface area contributed by atoms with Gasteiger partial charge in [0, 0.05) is 13.0 Å². The number of benzene rings is 1. The highest BCUT2D eigenvalue weighted by molar-refractivity contribution is 5.85. The van der Waals surface area contributed by atoms with Gasteiger partial charge in [0.15, 0.2) is 0 Å². The van der Waals surface area contributed by atoms with Gasteiger partial charge in [0.1, 0.15) is 24.9 Å². The number of aliphatic hydroxyl groups excluding tert-OH is 3. The van der Waals surface area contributed by atoms with Crippen molar-refractivity contribution >= 4 is 17.8 Å². The number of carboxylic acid groups (broad SMARTS) is 1. The van der Waals surface area contributed by atoms with E-state index in [1.165, 1.54) is 0 Å². The number of hydrogen-bond donors (Lipinski definition) is 5. The number of nitrogens with one attached hydrogen (secondary N) is 1. The fourth-order valence-corrected chi connectivity index (χ4v) is 4.34. The normalized spacial score (nSPS) is 24.0. The predicted molar refractivity (Wildman–Crippen MR) is 132 cm³/mol. The van der Waals surface area contributed by atoms with Gasteiger partial charge in [-0.25, -0.2) is 4.79 Å². The Hall–Kier alpha value is -2.53. The van der Waals surface area contributed by atoms with Gasteiger partial charge in [0.25, 0.3) is 0 Å². The number of esters is 1. The molecule has 1 heterocycles. The van der Waals surface area contributed by atoms with Crippen LogP contribution in [-0.2, 0) is 25.5 Å². The first kappa shape index (κ1) is 29.7. The third-order valence-corrected chi connectivity index (χ3v) is 6.68. The van der Waals surface area contributed by atoms with Gasteiger partial charge >= 0.3 is 11.9 Å². The van der Waals surface area contributed by atoms with E-state index in [1.807, 2.05) is 37.3 Å². The molecule has 6 atom stereocenters. The molecule has 1 aromatic carbocycles. The summed E-state index contributed by atoms with van der Waals surface area (Å²) < 4.78 is 5.25. The average molecular weight is 509 g/mol. The summed E-state index contributed by atoms with van der Waals surface area (Å²) in [5, 5.41) is 42.4. The molecule has 5 N–H and O–H groups in total. The summed E-state index contributed by atoms with van der Waals surface area (Å²) in [6, 6.07) is 7.92. The molecule has 10 heteroatoms. The number of carbonyl (C=O) groups is 3. The van der Waals surface area contributed by atoms with E-state index in [4.69, 9.17) is 4.74 Å². The summed E-state index contributed by atoms with van der Waals surface area (Å²) in [4.78, 5) is 38.1. The van der Waals surface area contributed by atoms with Crippen molar-refractivity contribution < 1.29 is 39.5 Å². The maximum Gasteiger partial charge on any atom is 0.326 e. The monoisotopic (exact) mass is 508 g/mol. The molecule has 36 heavy (non-hydrogen) atoms. The molecule has 1 unspecified atom stereocenters. The van der Waals surface area contributed by atoms with E-state index in [-0.39, 0.29) is 31.9 Å². The maximum atomic E-state index is 12.4. The molecule has 1 saturated heterocycles. The standard InChI is InChI=1S/C26H40N2O8/c1-3-4-14-28-15-20(29)25(33)24(32)19(28)16-36-22(31)13-12-21(30)27-23(26(34)35)17(2)10-11-18-8-6-5-7-9-18/h5-9,17,19-20,23-25,29,32-33H,3-4,10-16H2,1-2H3,(H,27,30)(H,34,35)/t17?,19-,20+,23+,24-,25-/m1/s1. The van der Waals surface area contributed by atoms with Crippen LogP contribution >= 0.6 is 0 Å². The number of amides is 1. The van der Waals surface area contributed by atoms with Gasteiger partial charge in [0.05, 0.1) is 18.6 Å². The molecule has 2 rings (SSSR count). The van der Waals surface area contributed by atoms with Gasteiger partial charge in [-0.1, -0.05) is 50.6 Å². The van der Waals surface area contributed by atoms with E-state index in [9.17, 15) is 34.8 Å². The summed E-state index contributed by atoms with van der Waals surface area (Å²) in [6.07, 6.45) is -1.23. The Labute approximate surface area is 212 Å². The first-order chi connectivity index (χ1) is 17.1. The quantitative estimate of drug-likeness (QED) is 0.228. The van der Waals surface area contributed by atoms with Gasteiger partial charge in [-0.3, -0.25) is 14.5 Å². The van der Waals surface area contributed by atoms with Crippen LogP contribution in [0.3, 0.4) is 0 Å². The molecule has 1 aromatic rings. The molecule has 0 radical (unpaired) electrons. The van der Waals surface area contributed by atoms with Crippen LogP contribution in [0.2, 0.25) is 0 Å². The summed E-state index contributed by atoms with van der Waals surface area (Å²) in [7, 11) is 0. The Balaban J connectivity index is 1.80. The van der Waals surface area contributed by atoms with Crippen molar-refractivity contribution in [3.05, 3.63) is 35.9 Å². The fraction of sp³-hybridized carbons (Fsp3) is 0.654. The predicted octanol–water partition coefficient (Wildman–Crippen LogP) is 0.715. The first-order valence-corrected chi connectivity index (χ1v) is 12.6. The number of unbranched alkanes of at least 4 members (excludes halogenated alkanes) is 1. The lowest BCUT2D eigenvalue weighted by Gasteiger charge is -2.43. The highest BCUT2D eigenvalue weighted by atomic mass is 16.5. The second kappa shape index (κ2) is 14.9. The number of piperidine rings is 1. The van der Waals surface area contributed by atoms with Crippen molar-refractivity contribution in [2.24, 2.45) is 5.92 Å². The number of hydrogen-bond acceptors (Lipinski definition) is 8. The van der Waals surface area contributed by atoms with E-state index < -0.39 is 48.2 Å². The number of likely N-dealkylation sites (tertiary alicyclic amines) is 1. The number of aliphatic hydroxyl groups is 3. The zero-order valence-corrected chi connectivity index (χ0v) is 21.1. The smallest absolute Gasteiger partial charge is 0.326 e. The highest BCUT2D eigenvalue weighted by Gasteiger charge is 2.41. The Kier molecular flexibility index (Phi) is 12.3. The molecule has 1 aliphatic heterocycles. The van der Waals surface area contributed by atoms with Gasteiger partial charge in [-0.15, -0.1) is 0 Å². The van der Waals surface area contributed by atoms with Crippen LogP contribution in [0, 0.1) is 5.92 Å². The minimum absolute atomic E-state index is 0.155. The Morgan fingerprint density at radius 2 is 1.81 bits per heavy atom. The third-order valence-electron chi connectivity index (χ3n) is 6.68. The van der Waals surface area contributed by atoms with Crippen LogP contribution in [0.5, 0.6) is 0 Å². The zero-order chi connectivity index (χ0) is 26.7. The summed E-state index contributed by atoms with van der Waals surface area (Å²) in [5.41, 5.74) is 1.08. The van der Waals surface area contributed by atoms with E-state index in [1.54, 1.807) is 11.8 Å². The van der Waals surface area contributed by atoms with Crippen LogP contribution in [0.4, 0.5) is 0 Å². The lowest BCUT2D eigenvalue weighted by atomic mass is 9.94. The molecular weight excluding hydrogens is 468 g/mol. The van der Waals surface area contributed by atoms with Crippen molar-refractivity contribution in [2.45, 2.75) is 82.8 Å². The number of rotatable bonds is 14. The van der Waals surface area contributed by atoms with Crippen molar-refractivity contribution in [2.75, 3.05) is 19.7 Å². The minimum atomic E-state index is -1.34. The van der Waals surface area contributed by atoms with Crippen LogP contribution in [0.1, 0.15) is 51.5 Å². The minimum Gasteiger partial charge on any atom is -0.480 e. The summed E-state index contributed by atoms with van der Waals surface area (Å²) >= 11 is 0. The molecule has 0 aromatic heterocycles. The third kappa shape index (κ3) is 9.16. The molecule has 1 aliphatic rings. The number of carboxylic acids is 1. The maximum absolute atomic E-state index is 12.4. The number of β-amino-alcohol motifs (C(OH)–C–C–N with tert-alkyl or cyclic N) is 1. The Morgan fingerprint density at radius 3 is 2.44 bits per heavy atom. The molecular formula is C26H40N2O8. The zero-order valence-electron chi connectivity index (χ0n) is 21.1. The van der Waals surface area contributed by atoms with Crippen molar-refractivity contribution in [3.8, 4) is 0 Å². The van der Waals surface area contributed by atoms with Gasteiger partial charge in [-0.2, -0.15) is 0 Å². The highest BCUT2D eigenvalue weighted by Crippen LogP contribution is 2.20. The largest absolute Gasteiger partial charge is 0.480 e. The average Bonchev–Trinajstić information content (AvgIpc) is 2.86. The Bertz CT molecular complexity index is 836. The number of ether oxygens (including phenoxy) is 1. The second-order valence-electron chi connectivity index (χ2n) is 9.53. The van der Waals surface area contributed by atoms with Gasteiger partial charge in [-0.05, 0) is 37.3 Å². The van der Waals surface area contributed by atoms with E-state index in [0.717, 1.165) is 18.4 Å². The van der Waals surface area contributed by atoms with E-state index in [0.29, 0.717) is 19.4 Å². The molecule has 1 fully saturated rings. The van der Waals surface area contributed by atoms with Crippen LogP contribution < -0.4 is 5.32 Å². The molecule has 0 saturated carbocycles. The van der Waals surface area contributed by atoms with Gasteiger partial charge in [0.2, 0.25) is 5.91 Å². The van der Waals surface area contributed by atoms with Crippen LogP contribution in [0.25, 0.3) is 0 Å². The van der Waals surface area contributed by atoms with Crippen LogP contribution in [-0.4, -0.2) is 93.3 Å². The number of nitrogens with zero attached hydrogens (tertiary/aromatic N) is 1. The SMILES string of the molecule is CCCCN1C[C@H](O)[C@@H](O)[C@H](O)[C@H]1COC(=O)CCC(=O)N[C@H](C(=O)O)C(C)CCc1ccccc1. The molecule has 0 aliphatic carbocycles. The summed E-state index contributed by atoms with van der Waals surface area (Å²) in [5.74, 6) is -2.68. The molecule has 202 valence electrons. The van der Waals surface area contributed by atoms with E-state index in [2.05, 4.69) is 5.32 Å². The molecule has 0 spiro atoms. The lowest BCUT2D eigenvalue weighted by Crippen LogP contribution is -2.62. The van der Waals surface area contributed by atoms with Crippen LogP contribution in [0.15, 0.2) is 30.3 Å².